The van der Waals surface area contributed by atoms with Gasteiger partial charge in [-0.3, -0.25) is 10.6 Å². The van der Waals surface area contributed by atoms with Crippen LogP contribution in [0, 0.1) is 0 Å². The van der Waals surface area contributed by atoms with Crippen molar-refractivity contribution >= 4 is 5.91 Å². The molecular formula is C9H17N3O. The Bertz CT molecular complexity index is 219. The molecule has 0 aromatic heterocycles. The lowest BCUT2D eigenvalue weighted by Gasteiger charge is -2.09. The molecule has 4 heteroatoms. The van der Waals surface area contributed by atoms with Crippen molar-refractivity contribution in [2.24, 2.45) is 5.84 Å². The zero-order chi connectivity index (χ0) is 10.3. The number of hydrogen-bond donors (Lipinski definition) is 3. The van der Waals surface area contributed by atoms with E-state index in [9.17, 15) is 4.79 Å². The van der Waals surface area contributed by atoms with Crippen molar-refractivity contribution in [3.8, 4) is 0 Å². The third kappa shape index (κ3) is 5.03. The smallest absolute Gasteiger partial charge is 0.268 e. The molecule has 0 bridgehead atoms. The molecule has 0 saturated heterocycles. The quantitative estimate of drug-likeness (QED) is 0.256. The standard InChI is InChI=1S/C9H17N3O/c1-4-5-6-8(12-10)9(13)11-7(2)3/h4-7,12H,10H2,1-3H3,(H,11,13)/b5-4-,8-6-. The lowest BCUT2D eigenvalue weighted by atomic mass is 10.3. The van der Waals surface area contributed by atoms with E-state index in [1.807, 2.05) is 26.8 Å². The zero-order valence-electron chi connectivity index (χ0n) is 8.29. The second kappa shape index (κ2) is 6.25. The van der Waals surface area contributed by atoms with Crippen molar-refractivity contribution in [3.63, 3.8) is 0 Å². The summed E-state index contributed by atoms with van der Waals surface area (Å²) in [6.07, 6.45) is 5.19. The Balaban J connectivity index is 4.31. The molecule has 0 aliphatic carbocycles. The zero-order valence-corrected chi connectivity index (χ0v) is 8.29. The van der Waals surface area contributed by atoms with Crippen LogP contribution in [0.15, 0.2) is 23.9 Å². The van der Waals surface area contributed by atoms with Gasteiger partial charge in [0, 0.05) is 6.04 Å². The average Bonchev–Trinajstić information content (AvgIpc) is 2.04. The average molecular weight is 183 g/mol. The molecule has 0 aliphatic heterocycles. The monoisotopic (exact) mass is 183 g/mol. The number of allylic oxidation sites excluding steroid dienone is 3. The molecule has 0 atom stereocenters. The van der Waals surface area contributed by atoms with Gasteiger partial charge in [0.05, 0.1) is 0 Å². The van der Waals surface area contributed by atoms with Gasteiger partial charge < -0.3 is 10.7 Å². The molecule has 4 N–H and O–H groups in total. The topological polar surface area (TPSA) is 67.1 Å². The van der Waals surface area contributed by atoms with Crippen LogP contribution in [0.25, 0.3) is 0 Å². The van der Waals surface area contributed by atoms with E-state index in [4.69, 9.17) is 5.84 Å². The Morgan fingerprint density at radius 1 is 1.46 bits per heavy atom. The van der Waals surface area contributed by atoms with Crippen LogP contribution in [-0.4, -0.2) is 11.9 Å². The van der Waals surface area contributed by atoms with Crippen LogP contribution >= 0.6 is 0 Å². The summed E-state index contributed by atoms with van der Waals surface area (Å²) in [6, 6.07) is 0.106. The van der Waals surface area contributed by atoms with Crippen molar-refractivity contribution in [3.05, 3.63) is 23.9 Å². The summed E-state index contributed by atoms with van der Waals surface area (Å²) in [5, 5.41) is 2.72. The third-order valence-electron chi connectivity index (χ3n) is 1.28. The molecule has 0 radical (unpaired) electrons. The van der Waals surface area contributed by atoms with Crippen LogP contribution < -0.4 is 16.6 Å². The lowest BCUT2D eigenvalue weighted by Crippen LogP contribution is -2.38. The van der Waals surface area contributed by atoms with Crippen LogP contribution in [0.5, 0.6) is 0 Å². The number of carbonyl (C=O) groups is 1. The van der Waals surface area contributed by atoms with E-state index in [0.717, 1.165) is 0 Å². The van der Waals surface area contributed by atoms with Gasteiger partial charge in [-0.05, 0) is 26.8 Å². The van der Waals surface area contributed by atoms with E-state index >= 15 is 0 Å². The second-order valence-electron chi connectivity index (χ2n) is 2.88. The number of carbonyl (C=O) groups excluding carboxylic acids is 1. The Morgan fingerprint density at radius 3 is 2.46 bits per heavy atom. The summed E-state index contributed by atoms with van der Waals surface area (Å²) in [7, 11) is 0. The Labute approximate surface area is 78.9 Å². The number of nitrogens with two attached hydrogens (primary N) is 1. The summed E-state index contributed by atoms with van der Waals surface area (Å²) < 4.78 is 0. The largest absolute Gasteiger partial charge is 0.349 e. The molecule has 0 saturated carbocycles. The third-order valence-corrected chi connectivity index (χ3v) is 1.28. The van der Waals surface area contributed by atoms with E-state index in [1.54, 1.807) is 12.2 Å². The summed E-state index contributed by atoms with van der Waals surface area (Å²) in [4.78, 5) is 11.3. The molecule has 0 unspecified atom stereocenters. The van der Waals surface area contributed by atoms with Gasteiger partial charge in [0.1, 0.15) is 5.70 Å². The van der Waals surface area contributed by atoms with Crippen LogP contribution in [-0.2, 0) is 4.79 Å². The number of rotatable bonds is 4. The van der Waals surface area contributed by atoms with Crippen molar-refractivity contribution in [2.45, 2.75) is 26.8 Å². The van der Waals surface area contributed by atoms with Crippen LogP contribution in [0.3, 0.4) is 0 Å². The first-order valence-electron chi connectivity index (χ1n) is 4.22. The molecule has 4 nitrogen and oxygen atoms in total. The molecule has 0 rings (SSSR count). The number of hydrazine groups is 1. The minimum Gasteiger partial charge on any atom is -0.349 e. The first-order chi connectivity index (χ1) is 6.11. The molecule has 0 aliphatic rings. The summed E-state index contributed by atoms with van der Waals surface area (Å²) in [5.74, 6) is 4.98. The van der Waals surface area contributed by atoms with Crippen molar-refractivity contribution in [2.75, 3.05) is 0 Å². The first kappa shape index (κ1) is 11.7. The highest BCUT2D eigenvalue weighted by Gasteiger charge is 2.07. The Hall–Kier alpha value is -1.29. The van der Waals surface area contributed by atoms with Gasteiger partial charge in [-0.2, -0.15) is 0 Å². The van der Waals surface area contributed by atoms with Crippen molar-refractivity contribution in [1.29, 1.82) is 0 Å². The predicted octanol–water partition coefficient (Wildman–Crippen LogP) is 0.434. The van der Waals surface area contributed by atoms with E-state index in [2.05, 4.69) is 10.7 Å². The molecule has 0 spiro atoms. The minimum atomic E-state index is -0.199. The predicted molar refractivity (Wildman–Crippen MR) is 53.5 cm³/mol. The highest BCUT2D eigenvalue weighted by atomic mass is 16.2. The molecule has 0 aromatic rings. The molecule has 74 valence electrons. The van der Waals surface area contributed by atoms with Crippen LogP contribution in [0.2, 0.25) is 0 Å². The SMILES string of the molecule is C/C=C\C=C(/NN)C(=O)NC(C)C. The maximum atomic E-state index is 11.3. The highest BCUT2D eigenvalue weighted by molar-refractivity contribution is 5.93. The van der Waals surface area contributed by atoms with Crippen molar-refractivity contribution in [1.82, 2.24) is 10.7 Å². The van der Waals surface area contributed by atoms with Crippen LogP contribution in [0.4, 0.5) is 0 Å². The van der Waals surface area contributed by atoms with Gasteiger partial charge >= 0.3 is 0 Å². The van der Waals surface area contributed by atoms with Crippen LogP contribution in [0.1, 0.15) is 20.8 Å². The summed E-state index contributed by atoms with van der Waals surface area (Å²) in [6.45, 7) is 5.65. The molecule has 13 heavy (non-hydrogen) atoms. The second-order valence-corrected chi connectivity index (χ2v) is 2.88. The molecular weight excluding hydrogens is 166 g/mol. The fourth-order valence-corrected chi connectivity index (χ4v) is 0.722. The van der Waals surface area contributed by atoms with Gasteiger partial charge in [0.2, 0.25) is 0 Å². The Kier molecular flexibility index (Phi) is 5.63. The van der Waals surface area contributed by atoms with Gasteiger partial charge in [-0.1, -0.05) is 12.2 Å². The normalized spacial score (nSPS) is 12.2. The van der Waals surface area contributed by atoms with E-state index in [-0.39, 0.29) is 11.9 Å². The van der Waals surface area contributed by atoms with E-state index < -0.39 is 0 Å². The Morgan fingerprint density at radius 2 is 2.08 bits per heavy atom. The molecule has 0 heterocycles. The van der Waals surface area contributed by atoms with Gasteiger partial charge in [-0.15, -0.1) is 0 Å². The molecule has 0 aromatic carbocycles. The fourth-order valence-electron chi connectivity index (χ4n) is 0.722. The minimum absolute atomic E-state index is 0.106. The summed E-state index contributed by atoms with van der Waals surface area (Å²) >= 11 is 0. The number of hydrogen-bond acceptors (Lipinski definition) is 3. The molecule has 1 amide bonds. The van der Waals surface area contributed by atoms with E-state index in [0.29, 0.717) is 5.70 Å². The maximum Gasteiger partial charge on any atom is 0.268 e. The van der Waals surface area contributed by atoms with Gasteiger partial charge in [0.25, 0.3) is 5.91 Å². The highest BCUT2D eigenvalue weighted by Crippen LogP contribution is 1.90. The lowest BCUT2D eigenvalue weighted by molar-refractivity contribution is -0.118. The van der Waals surface area contributed by atoms with Gasteiger partial charge in [0.15, 0.2) is 0 Å². The maximum absolute atomic E-state index is 11.3. The number of amides is 1. The fraction of sp³-hybridized carbons (Fsp3) is 0.444. The van der Waals surface area contributed by atoms with E-state index in [1.165, 1.54) is 0 Å². The molecule has 0 fully saturated rings. The summed E-state index contributed by atoms with van der Waals surface area (Å²) in [5.41, 5.74) is 2.69. The number of nitrogens with one attached hydrogen (secondary N) is 2. The van der Waals surface area contributed by atoms with Gasteiger partial charge in [-0.25, -0.2) is 0 Å². The van der Waals surface area contributed by atoms with Crippen molar-refractivity contribution < 1.29 is 4.79 Å². The first-order valence-corrected chi connectivity index (χ1v) is 4.22.